The fourth-order valence-corrected chi connectivity index (χ4v) is 3.65. The van der Waals surface area contributed by atoms with Gasteiger partial charge in [-0.15, -0.1) is 0 Å². The van der Waals surface area contributed by atoms with Crippen LogP contribution in [0.3, 0.4) is 0 Å². The van der Waals surface area contributed by atoms with E-state index in [9.17, 15) is 14.7 Å². The molecule has 2 N–H and O–H groups in total. The molecule has 0 radical (unpaired) electrons. The second-order valence-corrected chi connectivity index (χ2v) is 8.66. The fourth-order valence-electron chi connectivity index (χ4n) is 3.65. The van der Waals surface area contributed by atoms with Gasteiger partial charge in [0.1, 0.15) is 11.5 Å². The number of carbonyl (C=O) groups excluding carboxylic acids is 1. The molecule has 7 nitrogen and oxygen atoms in total. The number of hydrogen-bond acceptors (Lipinski definition) is 6. The molecule has 7 heteroatoms. The Labute approximate surface area is 213 Å². The van der Waals surface area contributed by atoms with Crippen LogP contribution in [-0.2, 0) is 20.7 Å². The molecule has 196 valence electrons. The van der Waals surface area contributed by atoms with Gasteiger partial charge in [-0.05, 0) is 54.8 Å². The van der Waals surface area contributed by atoms with Crippen molar-refractivity contribution in [3.63, 3.8) is 0 Å². The smallest absolute Gasteiger partial charge is 0.330 e. The van der Waals surface area contributed by atoms with Crippen molar-refractivity contribution in [3.05, 3.63) is 72.3 Å². The molecule has 1 unspecified atom stereocenters. The third-order valence-electron chi connectivity index (χ3n) is 5.66. The van der Waals surface area contributed by atoms with Gasteiger partial charge in [0, 0.05) is 11.6 Å². The molecule has 0 saturated carbocycles. The predicted molar refractivity (Wildman–Crippen MR) is 138 cm³/mol. The van der Waals surface area contributed by atoms with E-state index in [0.29, 0.717) is 30.1 Å². The zero-order valence-corrected chi connectivity index (χ0v) is 20.9. The highest BCUT2D eigenvalue weighted by Gasteiger charge is 2.10. The Bertz CT molecular complexity index is 906. The summed E-state index contributed by atoms with van der Waals surface area (Å²) < 4.78 is 16.3. The molecule has 0 bridgehead atoms. The van der Waals surface area contributed by atoms with E-state index >= 15 is 0 Å². The first-order valence-electron chi connectivity index (χ1n) is 12.7. The van der Waals surface area contributed by atoms with Crippen molar-refractivity contribution in [1.29, 1.82) is 0 Å². The lowest BCUT2D eigenvalue weighted by molar-refractivity contribution is -0.138. The summed E-state index contributed by atoms with van der Waals surface area (Å²) in [6.07, 6.45) is 10.2. The summed E-state index contributed by atoms with van der Waals surface area (Å²) in [5.41, 5.74) is 1.28. The van der Waals surface area contributed by atoms with Crippen LogP contribution in [0.4, 0.5) is 0 Å². The standard InChI is InChI=1S/C29H38O7/c1-2-28(32)35-21-11-9-7-5-3-4-6-8-10-20-34-25-18-14-24(15-19-25)29(33)36-26-16-12-23(13-17-26)22-27(30)31/h2,12-19,29,33H,1,3-11,20-22H2,(H,30,31). The summed E-state index contributed by atoms with van der Waals surface area (Å²) in [6.45, 7) is 4.51. The third-order valence-corrected chi connectivity index (χ3v) is 5.66. The van der Waals surface area contributed by atoms with E-state index in [0.717, 1.165) is 31.4 Å². The lowest BCUT2D eigenvalue weighted by Gasteiger charge is -2.15. The number of carboxylic acids is 1. The Hall–Kier alpha value is -3.32. The van der Waals surface area contributed by atoms with Crippen LogP contribution in [0, 0.1) is 0 Å². The maximum absolute atomic E-state index is 10.9. The van der Waals surface area contributed by atoms with Crippen molar-refractivity contribution in [2.75, 3.05) is 13.2 Å². The SMILES string of the molecule is C=CC(=O)OCCCCCCCCCCCOc1ccc(C(O)Oc2ccc(CC(=O)O)cc2)cc1. The second-order valence-electron chi connectivity index (χ2n) is 8.66. The minimum atomic E-state index is -1.13. The Morgan fingerprint density at radius 1 is 0.778 bits per heavy atom. The van der Waals surface area contributed by atoms with E-state index in [2.05, 4.69) is 6.58 Å². The van der Waals surface area contributed by atoms with E-state index in [1.807, 2.05) is 12.1 Å². The number of benzene rings is 2. The molecule has 0 aliphatic heterocycles. The van der Waals surface area contributed by atoms with Crippen molar-refractivity contribution < 1.29 is 34.0 Å². The first kappa shape index (κ1) is 28.9. The zero-order valence-electron chi connectivity index (χ0n) is 20.9. The van der Waals surface area contributed by atoms with Crippen molar-refractivity contribution in [2.24, 2.45) is 0 Å². The normalized spacial score (nSPS) is 11.5. The predicted octanol–water partition coefficient (Wildman–Crippen LogP) is 6.00. The van der Waals surface area contributed by atoms with Gasteiger partial charge in [0.2, 0.25) is 6.29 Å². The lowest BCUT2D eigenvalue weighted by Crippen LogP contribution is -2.07. The molecule has 36 heavy (non-hydrogen) atoms. The highest BCUT2D eigenvalue weighted by atomic mass is 16.6. The maximum atomic E-state index is 10.9. The summed E-state index contributed by atoms with van der Waals surface area (Å²) in [5.74, 6) is -0.0255. The van der Waals surface area contributed by atoms with Gasteiger partial charge in [0.05, 0.1) is 19.6 Å². The molecule has 0 amide bonds. The lowest BCUT2D eigenvalue weighted by atomic mass is 10.1. The number of carbonyl (C=O) groups is 2. The highest BCUT2D eigenvalue weighted by molar-refractivity contribution is 5.81. The Balaban J connectivity index is 1.51. The molecule has 0 fully saturated rings. The molecule has 0 heterocycles. The van der Waals surface area contributed by atoms with Crippen LogP contribution < -0.4 is 9.47 Å². The van der Waals surface area contributed by atoms with E-state index in [-0.39, 0.29) is 12.4 Å². The fraction of sp³-hybridized carbons (Fsp3) is 0.448. The monoisotopic (exact) mass is 498 g/mol. The molecular weight excluding hydrogens is 460 g/mol. The number of carboxylic acid groups (broad SMARTS) is 1. The van der Waals surface area contributed by atoms with Crippen LogP contribution in [0.15, 0.2) is 61.2 Å². The number of ether oxygens (including phenoxy) is 3. The molecule has 2 aromatic rings. The first-order chi connectivity index (χ1) is 17.5. The Morgan fingerprint density at radius 2 is 1.31 bits per heavy atom. The van der Waals surface area contributed by atoms with Gasteiger partial charge >= 0.3 is 11.9 Å². The van der Waals surface area contributed by atoms with Gasteiger partial charge in [0.25, 0.3) is 0 Å². The van der Waals surface area contributed by atoms with E-state index in [1.54, 1.807) is 36.4 Å². The summed E-state index contributed by atoms with van der Waals surface area (Å²) in [5, 5.41) is 19.1. The van der Waals surface area contributed by atoms with Crippen LogP contribution in [0.25, 0.3) is 0 Å². The van der Waals surface area contributed by atoms with Gasteiger partial charge in [-0.3, -0.25) is 4.79 Å². The minimum Gasteiger partial charge on any atom is -0.494 e. The molecule has 2 rings (SSSR count). The second kappa shape index (κ2) is 17.2. The number of hydrogen-bond donors (Lipinski definition) is 2. The number of aliphatic hydroxyl groups excluding tert-OH is 1. The van der Waals surface area contributed by atoms with Crippen LogP contribution in [-0.4, -0.2) is 35.4 Å². The Kier molecular flexibility index (Phi) is 13.8. The minimum absolute atomic E-state index is 0.0521. The van der Waals surface area contributed by atoms with Gasteiger partial charge in [-0.1, -0.05) is 63.7 Å². The van der Waals surface area contributed by atoms with E-state index < -0.39 is 12.3 Å². The maximum Gasteiger partial charge on any atom is 0.330 e. The van der Waals surface area contributed by atoms with Gasteiger partial charge < -0.3 is 24.4 Å². The Morgan fingerprint density at radius 3 is 1.86 bits per heavy atom. The molecule has 0 aromatic heterocycles. The summed E-state index contributed by atoms with van der Waals surface area (Å²) >= 11 is 0. The average molecular weight is 499 g/mol. The third kappa shape index (κ3) is 12.4. The number of aliphatic carboxylic acids is 1. The van der Waals surface area contributed by atoms with E-state index in [4.69, 9.17) is 19.3 Å². The molecule has 0 aliphatic rings. The summed E-state index contributed by atoms with van der Waals surface area (Å²) in [7, 11) is 0. The molecule has 0 aliphatic carbocycles. The molecule has 0 saturated heterocycles. The number of aliphatic hydroxyl groups is 1. The van der Waals surface area contributed by atoms with Gasteiger partial charge in [-0.2, -0.15) is 0 Å². The van der Waals surface area contributed by atoms with E-state index in [1.165, 1.54) is 38.2 Å². The van der Waals surface area contributed by atoms with Gasteiger partial charge in [0.15, 0.2) is 0 Å². The number of esters is 1. The van der Waals surface area contributed by atoms with Crippen molar-refractivity contribution in [3.8, 4) is 11.5 Å². The zero-order chi connectivity index (χ0) is 26.0. The van der Waals surface area contributed by atoms with Crippen LogP contribution >= 0.6 is 0 Å². The summed E-state index contributed by atoms with van der Waals surface area (Å²) in [6, 6.07) is 13.8. The van der Waals surface area contributed by atoms with Gasteiger partial charge in [-0.25, -0.2) is 4.79 Å². The molecule has 0 spiro atoms. The molecular formula is C29H38O7. The van der Waals surface area contributed by atoms with Crippen LogP contribution in [0.2, 0.25) is 0 Å². The average Bonchev–Trinajstić information content (AvgIpc) is 2.87. The molecule has 1 atom stereocenters. The van der Waals surface area contributed by atoms with Crippen molar-refractivity contribution in [1.82, 2.24) is 0 Å². The largest absolute Gasteiger partial charge is 0.494 e. The van der Waals surface area contributed by atoms with Crippen LogP contribution in [0.1, 0.15) is 75.2 Å². The number of rotatable bonds is 19. The highest BCUT2D eigenvalue weighted by Crippen LogP contribution is 2.23. The quantitative estimate of drug-likeness (QED) is 0.106. The van der Waals surface area contributed by atoms with Crippen LogP contribution in [0.5, 0.6) is 11.5 Å². The molecule has 2 aromatic carbocycles. The topological polar surface area (TPSA) is 102 Å². The number of unbranched alkanes of at least 4 members (excludes halogenated alkanes) is 8. The van der Waals surface area contributed by atoms with Crippen molar-refractivity contribution >= 4 is 11.9 Å². The summed E-state index contributed by atoms with van der Waals surface area (Å²) in [4.78, 5) is 21.7. The van der Waals surface area contributed by atoms with Crippen molar-refractivity contribution in [2.45, 2.75) is 70.5 Å². The first-order valence-corrected chi connectivity index (χ1v) is 12.7.